The van der Waals surface area contributed by atoms with E-state index < -0.39 is 0 Å². The van der Waals surface area contributed by atoms with E-state index in [0.717, 1.165) is 29.9 Å². The van der Waals surface area contributed by atoms with Crippen LogP contribution in [0.2, 0.25) is 0 Å². The first-order valence-electron chi connectivity index (χ1n) is 8.75. The molecule has 1 unspecified atom stereocenters. The topological polar surface area (TPSA) is 29.9 Å². The van der Waals surface area contributed by atoms with Gasteiger partial charge in [-0.05, 0) is 81.7 Å². The van der Waals surface area contributed by atoms with Gasteiger partial charge in [0, 0.05) is 25.2 Å². The van der Waals surface area contributed by atoms with Gasteiger partial charge in [-0.15, -0.1) is 0 Å². The molecule has 0 saturated heterocycles. The van der Waals surface area contributed by atoms with Crippen molar-refractivity contribution in [3.63, 3.8) is 0 Å². The number of rotatable bonds is 4. The molecule has 4 fully saturated rings. The van der Waals surface area contributed by atoms with Crippen LogP contribution in [0.1, 0.15) is 49.9 Å². The molecule has 0 amide bonds. The Balaban J connectivity index is 1.59. The Bertz CT molecular complexity index is 495. The molecule has 1 aromatic rings. The van der Waals surface area contributed by atoms with Crippen LogP contribution in [0.5, 0.6) is 0 Å². The summed E-state index contributed by atoms with van der Waals surface area (Å²) in [7, 11) is 4.27. The molecule has 4 aliphatic rings. The van der Waals surface area contributed by atoms with Crippen LogP contribution < -0.4 is 5.32 Å². The van der Waals surface area contributed by atoms with Crippen LogP contribution >= 0.6 is 0 Å². The lowest BCUT2D eigenvalue weighted by atomic mass is 9.47. The molecule has 5 rings (SSSR count). The standard InChI is InChI=1S/C18H29N3/c1-12-4-16(21(3)20-12)8-17(19-2)18-9-13-5-14(10-18)7-15(6-13)11-18/h4,13-15,17,19H,5-11H2,1-3H3. The fourth-order valence-corrected chi connectivity index (χ4v) is 6.29. The summed E-state index contributed by atoms with van der Waals surface area (Å²) in [5.41, 5.74) is 3.11. The zero-order valence-electron chi connectivity index (χ0n) is 13.7. The van der Waals surface area contributed by atoms with E-state index in [1.165, 1.54) is 44.2 Å². The molecule has 0 aliphatic heterocycles. The molecule has 4 bridgehead atoms. The van der Waals surface area contributed by atoms with Crippen LogP contribution in [0.25, 0.3) is 0 Å². The first kappa shape index (κ1) is 13.8. The van der Waals surface area contributed by atoms with Crippen molar-refractivity contribution in [2.45, 2.75) is 57.9 Å². The van der Waals surface area contributed by atoms with Crippen molar-refractivity contribution in [3.8, 4) is 0 Å². The minimum atomic E-state index is 0.571. The molecule has 1 heterocycles. The second kappa shape index (κ2) is 4.84. The second-order valence-corrected chi connectivity index (χ2v) is 8.23. The first-order chi connectivity index (χ1) is 10.1. The van der Waals surface area contributed by atoms with Gasteiger partial charge >= 0.3 is 0 Å². The van der Waals surface area contributed by atoms with Crippen LogP contribution in [0.3, 0.4) is 0 Å². The molecular formula is C18H29N3. The van der Waals surface area contributed by atoms with Gasteiger partial charge in [0.05, 0.1) is 5.69 Å². The summed E-state index contributed by atoms with van der Waals surface area (Å²) >= 11 is 0. The Hall–Kier alpha value is -0.830. The Morgan fingerprint density at radius 3 is 2.24 bits per heavy atom. The Morgan fingerprint density at radius 2 is 1.81 bits per heavy atom. The van der Waals surface area contributed by atoms with E-state index in [-0.39, 0.29) is 0 Å². The highest BCUT2D eigenvalue weighted by molar-refractivity contribution is 5.14. The van der Waals surface area contributed by atoms with Crippen molar-refractivity contribution in [1.29, 1.82) is 0 Å². The summed E-state index contributed by atoms with van der Waals surface area (Å²) in [6.07, 6.45) is 10.1. The third-order valence-electron chi connectivity index (χ3n) is 6.69. The zero-order valence-corrected chi connectivity index (χ0v) is 13.7. The minimum absolute atomic E-state index is 0.571. The number of nitrogens with zero attached hydrogens (tertiary/aromatic N) is 2. The first-order valence-corrected chi connectivity index (χ1v) is 8.75. The van der Waals surface area contributed by atoms with Crippen molar-refractivity contribution >= 4 is 0 Å². The van der Waals surface area contributed by atoms with Crippen molar-refractivity contribution in [2.24, 2.45) is 30.2 Å². The van der Waals surface area contributed by atoms with Crippen molar-refractivity contribution in [2.75, 3.05) is 7.05 Å². The molecule has 21 heavy (non-hydrogen) atoms. The summed E-state index contributed by atoms with van der Waals surface area (Å²) in [6.45, 7) is 2.10. The highest BCUT2D eigenvalue weighted by Gasteiger charge is 2.53. The number of hydrogen-bond donors (Lipinski definition) is 1. The quantitative estimate of drug-likeness (QED) is 0.922. The molecule has 1 aromatic heterocycles. The average molecular weight is 287 g/mol. The summed E-state index contributed by atoms with van der Waals surface area (Å²) in [5.74, 6) is 3.08. The van der Waals surface area contributed by atoms with E-state index in [1.807, 2.05) is 0 Å². The maximum Gasteiger partial charge on any atom is 0.0596 e. The smallest absolute Gasteiger partial charge is 0.0596 e. The van der Waals surface area contributed by atoms with Gasteiger partial charge in [0.2, 0.25) is 0 Å². The van der Waals surface area contributed by atoms with E-state index in [2.05, 4.69) is 42.2 Å². The van der Waals surface area contributed by atoms with Gasteiger partial charge in [-0.25, -0.2) is 0 Å². The molecule has 4 saturated carbocycles. The highest BCUT2D eigenvalue weighted by Crippen LogP contribution is 2.61. The fraction of sp³-hybridized carbons (Fsp3) is 0.833. The molecular weight excluding hydrogens is 258 g/mol. The molecule has 4 aliphatic carbocycles. The number of aryl methyl sites for hydroxylation is 2. The summed E-state index contributed by atoms with van der Waals surface area (Å²) in [5, 5.41) is 8.24. The maximum atomic E-state index is 4.53. The van der Waals surface area contributed by atoms with Crippen LogP contribution in [0, 0.1) is 30.1 Å². The van der Waals surface area contributed by atoms with Crippen LogP contribution in [0.15, 0.2) is 6.07 Å². The number of aromatic nitrogens is 2. The predicted octanol–water partition coefficient (Wildman–Crippen LogP) is 3.08. The van der Waals surface area contributed by atoms with Gasteiger partial charge in [0.15, 0.2) is 0 Å². The highest BCUT2D eigenvalue weighted by atomic mass is 15.3. The molecule has 3 nitrogen and oxygen atoms in total. The monoisotopic (exact) mass is 287 g/mol. The van der Waals surface area contributed by atoms with E-state index >= 15 is 0 Å². The van der Waals surface area contributed by atoms with E-state index in [4.69, 9.17) is 0 Å². The molecule has 0 spiro atoms. The van der Waals surface area contributed by atoms with E-state index in [1.54, 1.807) is 0 Å². The SMILES string of the molecule is CNC(Cc1cc(C)nn1C)C12CC3CC(CC(C3)C1)C2. The predicted molar refractivity (Wildman–Crippen MR) is 85.1 cm³/mol. The molecule has 0 radical (unpaired) electrons. The number of hydrogen-bond acceptors (Lipinski definition) is 2. The fourth-order valence-electron chi connectivity index (χ4n) is 6.29. The van der Waals surface area contributed by atoms with Gasteiger partial charge in [0.1, 0.15) is 0 Å². The molecule has 116 valence electrons. The normalized spacial score (nSPS) is 38.9. The van der Waals surface area contributed by atoms with E-state index in [0.29, 0.717) is 11.5 Å². The van der Waals surface area contributed by atoms with Gasteiger partial charge in [-0.1, -0.05) is 0 Å². The molecule has 1 atom stereocenters. The molecule has 0 aromatic carbocycles. The van der Waals surface area contributed by atoms with Crippen LogP contribution in [-0.2, 0) is 13.5 Å². The van der Waals surface area contributed by atoms with Crippen molar-refractivity contribution in [1.82, 2.24) is 15.1 Å². The zero-order chi connectivity index (χ0) is 14.6. The summed E-state index contributed by atoms with van der Waals surface area (Å²) < 4.78 is 2.08. The van der Waals surface area contributed by atoms with Crippen LogP contribution in [0.4, 0.5) is 0 Å². The maximum absolute atomic E-state index is 4.53. The van der Waals surface area contributed by atoms with Crippen molar-refractivity contribution in [3.05, 3.63) is 17.5 Å². The van der Waals surface area contributed by atoms with Gasteiger partial charge < -0.3 is 5.32 Å². The average Bonchev–Trinajstić information content (AvgIpc) is 2.72. The summed E-state index contributed by atoms with van der Waals surface area (Å²) in [4.78, 5) is 0. The largest absolute Gasteiger partial charge is 0.316 e. The minimum Gasteiger partial charge on any atom is -0.316 e. The molecule has 3 heteroatoms. The third kappa shape index (κ3) is 2.25. The summed E-state index contributed by atoms with van der Waals surface area (Å²) in [6, 6.07) is 2.89. The lowest BCUT2D eigenvalue weighted by Crippen LogP contribution is -2.56. The second-order valence-electron chi connectivity index (χ2n) is 8.23. The van der Waals surface area contributed by atoms with Crippen molar-refractivity contribution < 1.29 is 0 Å². The number of likely N-dealkylation sites (N-methyl/N-ethyl adjacent to an activating group) is 1. The number of nitrogens with one attached hydrogen (secondary N) is 1. The van der Waals surface area contributed by atoms with Gasteiger partial charge in [-0.3, -0.25) is 4.68 Å². The Morgan fingerprint density at radius 1 is 1.24 bits per heavy atom. The molecule has 1 N–H and O–H groups in total. The third-order valence-corrected chi connectivity index (χ3v) is 6.69. The van der Waals surface area contributed by atoms with Gasteiger partial charge in [-0.2, -0.15) is 5.10 Å². The van der Waals surface area contributed by atoms with Gasteiger partial charge in [0.25, 0.3) is 0 Å². The van der Waals surface area contributed by atoms with E-state index in [9.17, 15) is 0 Å². The van der Waals surface area contributed by atoms with Crippen LogP contribution in [-0.4, -0.2) is 22.9 Å². The lowest BCUT2D eigenvalue weighted by Gasteiger charge is -2.59. The lowest BCUT2D eigenvalue weighted by molar-refractivity contribution is -0.0726. The Labute approximate surface area is 128 Å². The Kier molecular flexibility index (Phi) is 3.18.